The van der Waals surface area contributed by atoms with Crippen LogP contribution in [0.1, 0.15) is 61.8 Å². The largest absolute Gasteiger partial charge is 0.370 e. The molecule has 2 fully saturated rings. The van der Waals surface area contributed by atoms with E-state index in [-0.39, 0.29) is 11.5 Å². The summed E-state index contributed by atoms with van der Waals surface area (Å²) in [6.07, 6.45) is 8.66. The van der Waals surface area contributed by atoms with Crippen molar-refractivity contribution in [3.05, 3.63) is 33.3 Å². The van der Waals surface area contributed by atoms with Gasteiger partial charge < -0.3 is 15.1 Å². The van der Waals surface area contributed by atoms with Gasteiger partial charge in [-0.05, 0) is 50.7 Å². The highest BCUT2D eigenvalue weighted by atomic mass is 32.1. The molecule has 0 radical (unpaired) electrons. The molecule has 0 aromatic carbocycles. The number of aryl methyl sites for hydroxylation is 1. The first-order chi connectivity index (χ1) is 15.5. The number of carbonyl (C=O) groups is 1. The molecule has 2 saturated heterocycles. The van der Waals surface area contributed by atoms with Gasteiger partial charge in [0.2, 0.25) is 5.91 Å². The van der Waals surface area contributed by atoms with Crippen LogP contribution < -0.4 is 11.0 Å². The number of hydrazine groups is 2. The van der Waals surface area contributed by atoms with Crippen molar-refractivity contribution >= 4 is 17.2 Å². The van der Waals surface area contributed by atoms with Gasteiger partial charge in [0.15, 0.2) is 0 Å². The van der Waals surface area contributed by atoms with Crippen molar-refractivity contribution in [2.45, 2.75) is 77.0 Å². The lowest BCUT2D eigenvalue weighted by Gasteiger charge is -2.47. The molecule has 8 heteroatoms. The molecule has 32 heavy (non-hydrogen) atoms. The number of hydrogen-bond donors (Lipinski definition) is 2. The van der Waals surface area contributed by atoms with Crippen LogP contribution in [0.2, 0.25) is 0 Å². The van der Waals surface area contributed by atoms with Gasteiger partial charge in [0.25, 0.3) is 0 Å². The fourth-order valence-corrected chi connectivity index (χ4v) is 7.02. The van der Waals surface area contributed by atoms with E-state index in [9.17, 15) is 4.79 Å². The average Bonchev–Trinajstić information content (AvgIpc) is 3.44. The first kappa shape index (κ1) is 22.2. The molecular weight excluding hydrogens is 422 g/mol. The third-order valence-electron chi connectivity index (χ3n) is 7.71. The average molecular weight is 460 g/mol. The van der Waals surface area contributed by atoms with E-state index < -0.39 is 0 Å². The Labute approximate surface area is 195 Å². The second-order valence-corrected chi connectivity index (χ2v) is 11.1. The zero-order valence-electron chi connectivity index (χ0n) is 19.7. The second-order valence-electron chi connectivity index (χ2n) is 9.83. The molecule has 1 aromatic rings. The summed E-state index contributed by atoms with van der Waals surface area (Å²) < 4.78 is 6.50. The fourth-order valence-electron chi connectivity index (χ4n) is 5.84. The molecule has 5 heterocycles. The molecule has 1 amide bonds. The minimum Gasteiger partial charge on any atom is -0.370 e. The van der Waals surface area contributed by atoms with Crippen LogP contribution >= 0.6 is 11.3 Å². The van der Waals surface area contributed by atoms with Crippen LogP contribution in [-0.4, -0.2) is 65.6 Å². The number of thiophene rings is 1. The van der Waals surface area contributed by atoms with Gasteiger partial charge in [-0.15, -0.1) is 16.9 Å². The Bertz CT molecular complexity index is 886. The fraction of sp³-hybridized carbons (Fsp3) is 0.708. The maximum Gasteiger partial charge on any atom is 0.219 e. The molecule has 0 saturated carbocycles. The van der Waals surface area contributed by atoms with Gasteiger partial charge in [-0.25, -0.2) is 0 Å². The third-order valence-corrected chi connectivity index (χ3v) is 9.05. The first-order valence-corrected chi connectivity index (χ1v) is 13.1. The number of rotatable bonds is 4. The summed E-state index contributed by atoms with van der Waals surface area (Å²) in [5, 5.41) is 2.16. The summed E-state index contributed by atoms with van der Waals surface area (Å²) in [4.78, 5) is 19.4. The number of carbonyl (C=O) groups excluding carboxylic acids is 1. The predicted octanol–water partition coefficient (Wildman–Crippen LogP) is 2.74. The lowest BCUT2D eigenvalue weighted by atomic mass is 9.79. The van der Waals surface area contributed by atoms with Crippen molar-refractivity contribution in [2.24, 2.45) is 0 Å². The first-order valence-electron chi connectivity index (χ1n) is 12.2. The van der Waals surface area contributed by atoms with Gasteiger partial charge in [0, 0.05) is 61.5 Å². The zero-order valence-corrected chi connectivity index (χ0v) is 20.5. The molecule has 1 unspecified atom stereocenters. The number of nitrogens with one attached hydrogen (secondary N) is 2. The minimum atomic E-state index is -0.0898. The zero-order chi connectivity index (χ0) is 22.3. The van der Waals surface area contributed by atoms with Crippen LogP contribution in [-0.2, 0) is 28.0 Å². The molecule has 0 bridgehead atoms. The molecule has 1 aromatic heterocycles. The number of piperidine rings is 2. The van der Waals surface area contributed by atoms with E-state index in [0.29, 0.717) is 12.1 Å². The molecule has 4 aliphatic rings. The summed E-state index contributed by atoms with van der Waals surface area (Å²) >= 11 is 2.00. The molecule has 1 spiro atoms. The van der Waals surface area contributed by atoms with Gasteiger partial charge in [0.1, 0.15) is 0 Å². The molecule has 3 atom stereocenters. The highest BCUT2D eigenvalue weighted by Crippen LogP contribution is 2.46. The normalized spacial score (nSPS) is 30.9. The van der Waals surface area contributed by atoms with Crippen molar-refractivity contribution < 1.29 is 9.53 Å². The summed E-state index contributed by atoms with van der Waals surface area (Å²) in [5.41, 5.74) is 9.29. The number of nitrogens with zero attached hydrogens (tertiary/aromatic N) is 3. The second kappa shape index (κ2) is 8.97. The number of likely N-dealkylation sites (tertiary alicyclic amines) is 2. The predicted molar refractivity (Wildman–Crippen MR) is 127 cm³/mol. The van der Waals surface area contributed by atoms with Gasteiger partial charge >= 0.3 is 0 Å². The topological polar surface area (TPSA) is 60.1 Å². The van der Waals surface area contributed by atoms with E-state index in [0.717, 1.165) is 71.3 Å². The lowest BCUT2D eigenvalue weighted by Crippen LogP contribution is -2.52. The molecule has 5 rings (SSSR count). The summed E-state index contributed by atoms with van der Waals surface area (Å²) in [7, 11) is 0. The van der Waals surface area contributed by atoms with Crippen LogP contribution in [0.25, 0.3) is 0 Å². The summed E-state index contributed by atoms with van der Waals surface area (Å²) in [6.45, 7) is 10.7. The molecule has 4 aliphatic heterocycles. The van der Waals surface area contributed by atoms with Crippen LogP contribution in [0.3, 0.4) is 0 Å². The Morgan fingerprint density at radius 1 is 1.38 bits per heavy atom. The molecule has 0 aliphatic carbocycles. The number of fused-ring (bicyclic) bond motifs is 2. The van der Waals surface area contributed by atoms with Gasteiger partial charge in [0.05, 0.1) is 23.9 Å². The van der Waals surface area contributed by atoms with E-state index in [1.807, 2.05) is 16.2 Å². The van der Waals surface area contributed by atoms with Crippen molar-refractivity contribution in [2.75, 3.05) is 32.8 Å². The highest BCUT2D eigenvalue weighted by Gasteiger charge is 2.44. The minimum absolute atomic E-state index is 0.0898. The molecule has 176 valence electrons. The van der Waals surface area contributed by atoms with Gasteiger partial charge in [-0.2, -0.15) is 0 Å². The number of ether oxygens (including phenoxy) is 1. The van der Waals surface area contributed by atoms with Gasteiger partial charge in [-0.1, -0.05) is 6.92 Å². The van der Waals surface area contributed by atoms with E-state index in [2.05, 4.69) is 47.0 Å². The summed E-state index contributed by atoms with van der Waals surface area (Å²) in [5.74, 6) is 0.173. The standard InChI is InChI=1S/C24H37N5O2S/c1-4-21-12-22-23(32-21)7-11-31-24(22)8-10-27(17(2)13-24)14-19-15-29(26-25-19)20-6-5-9-28(16-20)18(3)30/h12,15,17,20,25-26H,4-11,13-14,16H2,1-3H3/t17-,20?,24+/m0/s1. The Kier molecular flexibility index (Phi) is 6.22. The maximum atomic E-state index is 11.8. The Hall–Kier alpha value is -1.61. The highest BCUT2D eigenvalue weighted by molar-refractivity contribution is 7.12. The van der Waals surface area contributed by atoms with Crippen LogP contribution in [0.15, 0.2) is 18.0 Å². The lowest BCUT2D eigenvalue weighted by molar-refractivity contribution is -0.130. The van der Waals surface area contributed by atoms with Crippen molar-refractivity contribution in [1.82, 2.24) is 25.8 Å². The van der Waals surface area contributed by atoms with E-state index >= 15 is 0 Å². The van der Waals surface area contributed by atoms with Crippen LogP contribution in [0.5, 0.6) is 0 Å². The smallest absolute Gasteiger partial charge is 0.219 e. The van der Waals surface area contributed by atoms with E-state index in [1.165, 1.54) is 16.1 Å². The van der Waals surface area contributed by atoms with Crippen molar-refractivity contribution in [3.63, 3.8) is 0 Å². The van der Waals surface area contributed by atoms with Crippen molar-refractivity contribution in [3.8, 4) is 0 Å². The molecule has 2 N–H and O–H groups in total. The number of amides is 1. The molecular formula is C24H37N5O2S. The van der Waals surface area contributed by atoms with Crippen LogP contribution in [0.4, 0.5) is 0 Å². The van der Waals surface area contributed by atoms with E-state index in [4.69, 9.17) is 4.74 Å². The third kappa shape index (κ3) is 4.18. The van der Waals surface area contributed by atoms with Gasteiger partial charge in [-0.3, -0.25) is 14.7 Å². The van der Waals surface area contributed by atoms with Crippen LogP contribution in [0, 0.1) is 0 Å². The quantitative estimate of drug-likeness (QED) is 0.722. The summed E-state index contributed by atoms with van der Waals surface area (Å²) in [6, 6.07) is 3.21. The number of hydrogen-bond acceptors (Lipinski definition) is 7. The molecule has 7 nitrogen and oxygen atoms in total. The van der Waals surface area contributed by atoms with E-state index in [1.54, 1.807) is 11.8 Å². The Balaban J connectivity index is 1.22. The monoisotopic (exact) mass is 459 g/mol. The maximum absolute atomic E-state index is 11.8. The Morgan fingerprint density at radius 2 is 2.25 bits per heavy atom. The van der Waals surface area contributed by atoms with Crippen molar-refractivity contribution in [1.29, 1.82) is 0 Å². The SMILES string of the molecule is CCc1cc2c(s1)CCO[C@@]21CCN(CC2=CN(C3CCCN(C(C)=O)C3)NN2)[C@@H](C)C1. The Morgan fingerprint density at radius 3 is 3.03 bits per heavy atom.